The van der Waals surface area contributed by atoms with Crippen molar-refractivity contribution in [2.75, 3.05) is 13.7 Å². The standard InChI is InChI=1S/C17H19N7O2/c1-10-18-8-14(16-21-23-24(2)22-16)17(20-10)26-9-11-6-13(11)15-5-4-12(25-3)7-19-15/h4-5,7-8,11,13H,6,9H2,1-3H3/t11-,13+/m1/s1. The molecule has 0 aromatic carbocycles. The lowest BCUT2D eigenvalue weighted by atomic mass is 10.2. The third kappa shape index (κ3) is 3.32. The topological polar surface area (TPSA) is 101 Å². The number of methoxy groups -OCH3 is 1. The summed E-state index contributed by atoms with van der Waals surface area (Å²) >= 11 is 0. The summed E-state index contributed by atoms with van der Waals surface area (Å²) in [5.41, 5.74) is 1.71. The fourth-order valence-electron chi connectivity index (χ4n) is 2.82. The number of aryl methyl sites for hydroxylation is 2. The average Bonchev–Trinajstić information content (AvgIpc) is 3.31. The molecule has 0 amide bonds. The van der Waals surface area contributed by atoms with Crippen molar-refractivity contribution in [3.63, 3.8) is 0 Å². The second-order valence-electron chi connectivity index (χ2n) is 6.27. The number of tetrazole rings is 1. The van der Waals surface area contributed by atoms with Gasteiger partial charge in [-0.15, -0.1) is 10.2 Å². The minimum Gasteiger partial charge on any atom is -0.495 e. The van der Waals surface area contributed by atoms with Crippen LogP contribution in [0.5, 0.6) is 11.6 Å². The fourth-order valence-corrected chi connectivity index (χ4v) is 2.82. The molecule has 0 N–H and O–H groups in total. The van der Waals surface area contributed by atoms with Gasteiger partial charge in [0.2, 0.25) is 11.7 Å². The van der Waals surface area contributed by atoms with Crippen LogP contribution in [0.15, 0.2) is 24.5 Å². The third-order valence-electron chi connectivity index (χ3n) is 4.36. The van der Waals surface area contributed by atoms with Crippen LogP contribution in [-0.4, -0.2) is 48.9 Å². The molecular formula is C17H19N7O2. The van der Waals surface area contributed by atoms with E-state index >= 15 is 0 Å². The summed E-state index contributed by atoms with van der Waals surface area (Å²) in [6.07, 6.45) is 4.46. The van der Waals surface area contributed by atoms with Crippen LogP contribution in [0.25, 0.3) is 11.4 Å². The molecule has 1 aliphatic carbocycles. The van der Waals surface area contributed by atoms with Gasteiger partial charge in [-0.25, -0.2) is 4.98 Å². The Kier molecular flexibility index (Phi) is 4.19. The summed E-state index contributed by atoms with van der Waals surface area (Å²) in [4.78, 5) is 14.5. The maximum absolute atomic E-state index is 5.98. The Morgan fingerprint density at radius 2 is 2.12 bits per heavy atom. The van der Waals surface area contributed by atoms with Crippen LogP contribution in [0.2, 0.25) is 0 Å². The first kappa shape index (κ1) is 16.4. The van der Waals surface area contributed by atoms with Crippen LogP contribution in [0.1, 0.15) is 23.9 Å². The molecule has 0 unspecified atom stereocenters. The highest BCUT2D eigenvalue weighted by molar-refractivity contribution is 5.59. The first-order valence-corrected chi connectivity index (χ1v) is 8.35. The van der Waals surface area contributed by atoms with Crippen LogP contribution >= 0.6 is 0 Å². The molecule has 0 bridgehead atoms. The highest BCUT2D eigenvalue weighted by Crippen LogP contribution is 2.47. The molecule has 0 saturated heterocycles. The van der Waals surface area contributed by atoms with Crippen LogP contribution in [0.4, 0.5) is 0 Å². The number of ether oxygens (including phenoxy) is 2. The van der Waals surface area contributed by atoms with E-state index in [9.17, 15) is 0 Å². The predicted molar refractivity (Wildman–Crippen MR) is 91.7 cm³/mol. The second-order valence-corrected chi connectivity index (χ2v) is 6.27. The van der Waals surface area contributed by atoms with Gasteiger partial charge in [0.25, 0.3) is 0 Å². The zero-order chi connectivity index (χ0) is 18.1. The van der Waals surface area contributed by atoms with Gasteiger partial charge in [-0.2, -0.15) is 9.78 Å². The van der Waals surface area contributed by atoms with Gasteiger partial charge >= 0.3 is 0 Å². The largest absolute Gasteiger partial charge is 0.495 e. The van der Waals surface area contributed by atoms with Gasteiger partial charge in [0.05, 0.1) is 27.0 Å². The molecular weight excluding hydrogens is 334 g/mol. The summed E-state index contributed by atoms with van der Waals surface area (Å²) in [5, 5.41) is 12.1. The molecule has 9 nitrogen and oxygen atoms in total. The first-order valence-electron chi connectivity index (χ1n) is 8.35. The molecule has 3 aromatic rings. The van der Waals surface area contributed by atoms with Crippen molar-refractivity contribution in [3.8, 4) is 23.0 Å². The smallest absolute Gasteiger partial charge is 0.228 e. The second kappa shape index (κ2) is 6.66. The summed E-state index contributed by atoms with van der Waals surface area (Å²) in [6, 6.07) is 3.94. The monoisotopic (exact) mass is 353 g/mol. The number of rotatable bonds is 6. The first-order chi connectivity index (χ1) is 12.6. The maximum Gasteiger partial charge on any atom is 0.228 e. The van der Waals surface area contributed by atoms with Crippen molar-refractivity contribution in [3.05, 3.63) is 36.0 Å². The van der Waals surface area contributed by atoms with E-state index in [2.05, 4.69) is 30.4 Å². The van der Waals surface area contributed by atoms with Crippen LogP contribution in [0, 0.1) is 12.8 Å². The van der Waals surface area contributed by atoms with Crippen molar-refractivity contribution in [1.29, 1.82) is 0 Å². The zero-order valence-corrected chi connectivity index (χ0v) is 14.8. The Bertz CT molecular complexity index is 910. The van der Waals surface area contributed by atoms with Gasteiger partial charge in [-0.3, -0.25) is 4.98 Å². The van der Waals surface area contributed by atoms with E-state index < -0.39 is 0 Å². The van der Waals surface area contributed by atoms with Crippen LogP contribution < -0.4 is 9.47 Å². The van der Waals surface area contributed by atoms with Gasteiger partial charge in [0, 0.05) is 23.7 Å². The molecule has 9 heteroatoms. The lowest BCUT2D eigenvalue weighted by Crippen LogP contribution is -2.06. The Labute approximate surface area is 150 Å². The number of aromatic nitrogens is 7. The SMILES string of the molecule is COc1ccc([C@H]2C[C@@H]2COc2nc(C)ncc2-c2nnn(C)n2)nc1. The van der Waals surface area contributed by atoms with Crippen molar-refractivity contribution in [2.45, 2.75) is 19.3 Å². The third-order valence-corrected chi connectivity index (χ3v) is 4.36. The summed E-state index contributed by atoms with van der Waals surface area (Å²) < 4.78 is 11.1. The minimum atomic E-state index is 0.405. The van der Waals surface area contributed by atoms with Crippen molar-refractivity contribution in [1.82, 2.24) is 35.2 Å². The number of pyridine rings is 1. The zero-order valence-electron chi connectivity index (χ0n) is 14.8. The molecule has 0 aliphatic heterocycles. The quantitative estimate of drug-likeness (QED) is 0.658. The predicted octanol–water partition coefficient (Wildman–Crippen LogP) is 1.56. The van der Waals surface area contributed by atoms with Gasteiger partial charge in [0.15, 0.2) is 0 Å². The van der Waals surface area contributed by atoms with Crippen LogP contribution in [0.3, 0.4) is 0 Å². The lowest BCUT2D eigenvalue weighted by molar-refractivity contribution is 0.285. The molecule has 4 rings (SSSR count). The minimum absolute atomic E-state index is 0.405. The van der Waals surface area contributed by atoms with Gasteiger partial charge in [0.1, 0.15) is 17.1 Å². The Morgan fingerprint density at radius 1 is 1.23 bits per heavy atom. The Hall–Kier alpha value is -3.10. The highest BCUT2D eigenvalue weighted by Gasteiger charge is 2.40. The van der Waals surface area contributed by atoms with Crippen molar-refractivity contribution in [2.24, 2.45) is 13.0 Å². The van der Waals surface area contributed by atoms with E-state index in [0.29, 0.717) is 41.5 Å². The van der Waals surface area contributed by atoms with E-state index in [1.807, 2.05) is 19.1 Å². The normalized spacial score (nSPS) is 18.6. The molecule has 1 aliphatic rings. The summed E-state index contributed by atoms with van der Waals surface area (Å²) in [6.45, 7) is 2.38. The van der Waals surface area contributed by atoms with Crippen molar-refractivity contribution < 1.29 is 9.47 Å². The number of hydrogen-bond acceptors (Lipinski definition) is 8. The summed E-state index contributed by atoms with van der Waals surface area (Å²) in [7, 11) is 3.35. The van der Waals surface area contributed by atoms with Gasteiger partial charge in [-0.05, 0) is 30.7 Å². The van der Waals surface area contributed by atoms with E-state index in [4.69, 9.17) is 9.47 Å². The Balaban J connectivity index is 1.44. The van der Waals surface area contributed by atoms with E-state index in [1.165, 1.54) is 4.80 Å². The fraction of sp³-hybridized carbons (Fsp3) is 0.412. The highest BCUT2D eigenvalue weighted by atomic mass is 16.5. The molecule has 26 heavy (non-hydrogen) atoms. The number of nitrogens with zero attached hydrogens (tertiary/aromatic N) is 7. The molecule has 1 fully saturated rings. The Morgan fingerprint density at radius 3 is 2.81 bits per heavy atom. The molecule has 2 atom stereocenters. The molecule has 0 spiro atoms. The van der Waals surface area contributed by atoms with E-state index in [-0.39, 0.29) is 0 Å². The number of hydrogen-bond donors (Lipinski definition) is 0. The molecule has 3 heterocycles. The van der Waals surface area contributed by atoms with Crippen LogP contribution in [-0.2, 0) is 7.05 Å². The summed E-state index contributed by atoms with van der Waals surface area (Å²) in [5.74, 6) is 3.15. The maximum atomic E-state index is 5.98. The van der Waals surface area contributed by atoms with Gasteiger partial charge < -0.3 is 9.47 Å². The van der Waals surface area contributed by atoms with Crippen molar-refractivity contribution >= 4 is 0 Å². The van der Waals surface area contributed by atoms with E-state index in [0.717, 1.165) is 17.9 Å². The van der Waals surface area contributed by atoms with E-state index in [1.54, 1.807) is 26.6 Å². The lowest BCUT2D eigenvalue weighted by Gasteiger charge is -2.08. The molecule has 134 valence electrons. The average molecular weight is 353 g/mol. The molecule has 3 aromatic heterocycles. The molecule has 1 saturated carbocycles. The molecule has 0 radical (unpaired) electrons. The van der Waals surface area contributed by atoms with Gasteiger partial charge in [-0.1, -0.05) is 0 Å².